The Kier molecular flexibility index (Phi) is 4.01. The van der Waals surface area contributed by atoms with Crippen LogP contribution >= 0.6 is 0 Å². The summed E-state index contributed by atoms with van der Waals surface area (Å²) in [4.78, 5) is 12.7. The molecule has 3 aromatic carbocycles. The SMILES string of the molecule is O=C(c1ccccc1)c1ccc(O)cc1Cc1ccccc1. The Hall–Kier alpha value is -2.87. The van der Waals surface area contributed by atoms with Gasteiger partial charge in [-0.15, -0.1) is 0 Å². The van der Waals surface area contributed by atoms with E-state index < -0.39 is 0 Å². The van der Waals surface area contributed by atoms with Crippen molar-refractivity contribution in [1.82, 2.24) is 0 Å². The summed E-state index contributed by atoms with van der Waals surface area (Å²) < 4.78 is 0. The minimum absolute atomic E-state index is 0.0217. The second-order valence-electron chi connectivity index (χ2n) is 5.20. The first-order chi connectivity index (χ1) is 10.7. The number of carbonyl (C=O) groups excluding carboxylic acids is 1. The topological polar surface area (TPSA) is 37.3 Å². The van der Waals surface area contributed by atoms with Crippen LogP contribution in [0.25, 0.3) is 0 Å². The molecule has 0 radical (unpaired) electrons. The van der Waals surface area contributed by atoms with Crippen LogP contribution in [0.2, 0.25) is 0 Å². The molecule has 0 saturated heterocycles. The molecule has 0 heterocycles. The van der Waals surface area contributed by atoms with E-state index in [4.69, 9.17) is 0 Å². The van der Waals surface area contributed by atoms with Crippen molar-refractivity contribution in [2.24, 2.45) is 0 Å². The molecule has 0 fully saturated rings. The maximum Gasteiger partial charge on any atom is 0.193 e. The first kappa shape index (κ1) is 14.1. The van der Waals surface area contributed by atoms with Crippen LogP contribution < -0.4 is 0 Å². The van der Waals surface area contributed by atoms with Gasteiger partial charge in [-0.1, -0.05) is 60.7 Å². The van der Waals surface area contributed by atoms with E-state index in [-0.39, 0.29) is 11.5 Å². The van der Waals surface area contributed by atoms with Crippen LogP contribution in [-0.4, -0.2) is 10.9 Å². The van der Waals surface area contributed by atoms with E-state index in [0.29, 0.717) is 17.5 Å². The van der Waals surface area contributed by atoms with E-state index >= 15 is 0 Å². The Morgan fingerprint density at radius 3 is 2.14 bits per heavy atom. The lowest BCUT2D eigenvalue weighted by Crippen LogP contribution is -2.06. The molecule has 2 nitrogen and oxygen atoms in total. The Labute approximate surface area is 129 Å². The van der Waals surface area contributed by atoms with Gasteiger partial charge in [0.15, 0.2) is 5.78 Å². The van der Waals surface area contributed by atoms with Crippen molar-refractivity contribution in [3.8, 4) is 5.75 Å². The summed E-state index contributed by atoms with van der Waals surface area (Å²) in [6, 6.07) is 24.1. The van der Waals surface area contributed by atoms with Crippen LogP contribution in [0.15, 0.2) is 78.9 Å². The molecule has 22 heavy (non-hydrogen) atoms. The zero-order chi connectivity index (χ0) is 15.4. The molecule has 0 aromatic heterocycles. The monoisotopic (exact) mass is 288 g/mol. The van der Waals surface area contributed by atoms with Gasteiger partial charge in [0.25, 0.3) is 0 Å². The maximum absolute atomic E-state index is 12.7. The van der Waals surface area contributed by atoms with Gasteiger partial charge in [0.05, 0.1) is 0 Å². The number of benzene rings is 3. The number of aromatic hydroxyl groups is 1. The number of phenols is 1. The van der Waals surface area contributed by atoms with Crippen LogP contribution in [0.3, 0.4) is 0 Å². The maximum atomic E-state index is 12.7. The Bertz CT molecular complexity index is 777. The Morgan fingerprint density at radius 2 is 1.45 bits per heavy atom. The number of hydrogen-bond donors (Lipinski definition) is 1. The summed E-state index contributed by atoms with van der Waals surface area (Å²) >= 11 is 0. The summed E-state index contributed by atoms with van der Waals surface area (Å²) in [5.41, 5.74) is 3.23. The molecule has 0 aliphatic rings. The predicted octanol–water partition coefficient (Wildman–Crippen LogP) is 4.21. The summed E-state index contributed by atoms with van der Waals surface area (Å²) in [7, 11) is 0. The fourth-order valence-electron chi connectivity index (χ4n) is 2.51. The van der Waals surface area contributed by atoms with Gasteiger partial charge in [-0.25, -0.2) is 0 Å². The van der Waals surface area contributed by atoms with Crippen molar-refractivity contribution in [3.63, 3.8) is 0 Å². The zero-order valence-electron chi connectivity index (χ0n) is 12.1. The lowest BCUT2D eigenvalue weighted by atomic mass is 9.94. The van der Waals surface area contributed by atoms with Crippen LogP contribution in [0, 0.1) is 0 Å². The standard InChI is InChI=1S/C20H16O2/c21-18-11-12-19(20(22)16-9-5-2-6-10-16)17(14-18)13-15-7-3-1-4-8-15/h1-12,14,21H,13H2. The normalized spacial score (nSPS) is 10.4. The molecule has 3 aromatic rings. The smallest absolute Gasteiger partial charge is 0.193 e. The molecule has 0 spiro atoms. The van der Waals surface area contributed by atoms with Gasteiger partial charge >= 0.3 is 0 Å². The van der Waals surface area contributed by atoms with Crippen molar-refractivity contribution in [2.45, 2.75) is 6.42 Å². The van der Waals surface area contributed by atoms with Crippen LogP contribution in [0.4, 0.5) is 0 Å². The largest absolute Gasteiger partial charge is 0.508 e. The van der Waals surface area contributed by atoms with Crippen molar-refractivity contribution in [1.29, 1.82) is 0 Å². The van der Waals surface area contributed by atoms with Crippen LogP contribution in [0.1, 0.15) is 27.0 Å². The highest BCUT2D eigenvalue weighted by Crippen LogP contribution is 2.22. The second kappa shape index (κ2) is 6.27. The van der Waals surface area contributed by atoms with E-state index in [1.807, 2.05) is 60.7 Å². The van der Waals surface area contributed by atoms with Gasteiger partial charge in [0, 0.05) is 11.1 Å². The van der Waals surface area contributed by atoms with E-state index in [9.17, 15) is 9.90 Å². The molecule has 0 atom stereocenters. The van der Waals surface area contributed by atoms with Gasteiger partial charge in [-0.3, -0.25) is 4.79 Å². The van der Waals surface area contributed by atoms with Crippen molar-refractivity contribution < 1.29 is 9.90 Å². The number of ketones is 1. The van der Waals surface area contributed by atoms with Crippen LogP contribution in [0.5, 0.6) is 5.75 Å². The van der Waals surface area contributed by atoms with Gasteiger partial charge in [-0.05, 0) is 35.7 Å². The van der Waals surface area contributed by atoms with Gasteiger partial charge < -0.3 is 5.11 Å². The Morgan fingerprint density at radius 1 is 0.818 bits per heavy atom. The predicted molar refractivity (Wildman–Crippen MR) is 87.2 cm³/mol. The molecule has 1 N–H and O–H groups in total. The van der Waals surface area contributed by atoms with E-state index in [0.717, 1.165) is 11.1 Å². The van der Waals surface area contributed by atoms with E-state index in [2.05, 4.69) is 0 Å². The molecule has 0 aliphatic heterocycles. The van der Waals surface area contributed by atoms with E-state index in [1.165, 1.54) is 0 Å². The molecular formula is C20H16O2. The molecule has 0 saturated carbocycles. The van der Waals surface area contributed by atoms with Crippen LogP contribution in [-0.2, 0) is 6.42 Å². The van der Waals surface area contributed by atoms with Crippen molar-refractivity contribution >= 4 is 5.78 Å². The van der Waals surface area contributed by atoms with Gasteiger partial charge in [-0.2, -0.15) is 0 Å². The highest BCUT2D eigenvalue weighted by atomic mass is 16.3. The average molecular weight is 288 g/mol. The average Bonchev–Trinajstić information content (AvgIpc) is 2.56. The Balaban J connectivity index is 1.99. The highest BCUT2D eigenvalue weighted by molar-refractivity contribution is 6.10. The molecule has 3 rings (SSSR count). The van der Waals surface area contributed by atoms with E-state index in [1.54, 1.807) is 18.2 Å². The van der Waals surface area contributed by atoms with Gasteiger partial charge in [0.1, 0.15) is 5.75 Å². The quantitative estimate of drug-likeness (QED) is 0.730. The molecule has 108 valence electrons. The first-order valence-electron chi connectivity index (χ1n) is 7.19. The molecule has 0 bridgehead atoms. The molecule has 0 amide bonds. The summed E-state index contributed by atoms with van der Waals surface area (Å²) in [6.45, 7) is 0. The highest BCUT2D eigenvalue weighted by Gasteiger charge is 2.14. The lowest BCUT2D eigenvalue weighted by molar-refractivity contribution is 0.103. The zero-order valence-corrected chi connectivity index (χ0v) is 12.1. The lowest BCUT2D eigenvalue weighted by Gasteiger charge is -2.10. The molecule has 2 heteroatoms. The van der Waals surface area contributed by atoms with Gasteiger partial charge in [0.2, 0.25) is 0 Å². The minimum atomic E-state index is -0.0217. The molecule has 0 aliphatic carbocycles. The summed E-state index contributed by atoms with van der Waals surface area (Å²) in [5.74, 6) is 0.155. The number of phenolic OH excluding ortho intramolecular Hbond substituents is 1. The van der Waals surface area contributed by atoms with Crippen molar-refractivity contribution in [3.05, 3.63) is 101 Å². The summed E-state index contributed by atoms with van der Waals surface area (Å²) in [6.07, 6.45) is 0.614. The second-order valence-corrected chi connectivity index (χ2v) is 5.20. The fraction of sp³-hybridized carbons (Fsp3) is 0.0500. The van der Waals surface area contributed by atoms with Crippen molar-refractivity contribution in [2.75, 3.05) is 0 Å². The number of hydrogen-bond acceptors (Lipinski definition) is 2. The first-order valence-corrected chi connectivity index (χ1v) is 7.19. The third-order valence-corrected chi connectivity index (χ3v) is 3.61. The summed E-state index contributed by atoms with van der Waals surface area (Å²) in [5, 5.41) is 9.76. The fourth-order valence-corrected chi connectivity index (χ4v) is 2.51. The molecular weight excluding hydrogens is 272 g/mol. The minimum Gasteiger partial charge on any atom is -0.508 e. The third-order valence-electron chi connectivity index (χ3n) is 3.61. The third kappa shape index (κ3) is 3.07. The molecule has 0 unspecified atom stereocenters. The number of rotatable bonds is 4. The number of carbonyl (C=O) groups is 1.